The predicted octanol–water partition coefficient (Wildman–Crippen LogP) is 3.05. The molecule has 0 radical (unpaired) electrons. The van der Waals surface area contributed by atoms with Crippen molar-refractivity contribution >= 4 is 21.9 Å². The normalized spacial score (nSPS) is 38.6. The number of carboxylic acid groups (broad SMARTS) is 1. The fourth-order valence-corrected chi connectivity index (χ4v) is 3.10. The van der Waals surface area contributed by atoms with Crippen molar-refractivity contribution in [2.45, 2.75) is 44.9 Å². The first-order chi connectivity index (χ1) is 5.79. The van der Waals surface area contributed by atoms with Crippen molar-refractivity contribution in [3.8, 4) is 0 Å². The van der Waals surface area contributed by atoms with E-state index >= 15 is 0 Å². The van der Waals surface area contributed by atoms with E-state index in [-0.39, 0.29) is 5.41 Å². The van der Waals surface area contributed by atoms with Crippen molar-refractivity contribution < 1.29 is 9.90 Å². The minimum atomic E-state index is -0.656. The minimum Gasteiger partial charge on any atom is -0.481 e. The summed E-state index contributed by atoms with van der Waals surface area (Å²) in [5, 5.41) is 9.20. The molecule has 0 unspecified atom stereocenters. The summed E-state index contributed by atoms with van der Waals surface area (Å²) >= 11 is 3.57. The Morgan fingerprint density at radius 1 is 1.46 bits per heavy atom. The van der Waals surface area contributed by atoms with Gasteiger partial charge in [0.2, 0.25) is 0 Å². The van der Waals surface area contributed by atoms with E-state index in [1.54, 1.807) is 0 Å². The number of carboxylic acids is 1. The van der Waals surface area contributed by atoms with Gasteiger partial charge in [-0.15, -0.1) is 0 Å². The molecular formula is C10H17BrO2. The summed E-state index contributed by atoms with van der Waals surface area (Å²) in [5.41, 5.74) is -0.678. The lowest BCUT2D eigenvalue weighted by Crippen LogP contribution is -2.46. The highest BCUT2D eigenvalue weighted by atomic mass is 79.9. The molecule has 0 bridgehead atoms. The fraction of sp³-hybridized carbons (Fsp3) is 0.900. The van der Waals surface area contributed by atoms with Crippen LogP contribution in [0.5, 0.6) is 0 Å². The molecule has 76 valence electrons. The molecule has 1 N–H and O–H groups in total. The van der Waals surface area contributed by atoms with E-state index in [4.69, 9.17) is 0 Å². The van der Waals surface area contributed by atoms with Gasteiger partial charge in [-0.3, -0.25) is 4.79 Å². The lowest BCUT2D eigenvalue weighted by molar-refractivity contribution is -0.158. The zero-order chi connectivity index (χ0) is 10.3. The van der Waals surface area contributed by atoms with Crippen LogP contribution in [0.2, 0.25) is 0 Å². The Balaban J connectivity index is 2.92. The molecule has 1 aliphatic rings. The van der Waals surface area contributed by atoms with Crippen LogP contribution in [0.4, 0.5) is 0 Å². The molecule has 2 nitrogen and oxygen atoms in total. The van der Waals surface area contributed by atoms with Gasteiger partial charge < -0.3 is 5.11 Å². The first-order valence-electron chi connectivity index (χ1n) is 4.67. The number of rotatable bonds is 1. The highest BCUT2D eigenvalue weighted by molar-refractivity contribution is 9.09. The molecule has 0 aliphatic heterocycles. The van der Waals surface area contributed by atoms with E-state index in [0.717, 1.165) is 19.3 Å². The van der Waals surface area contributed by atoms with E-state index in [9.17, 15) is 9.90 Å². The second-order valence-corrected chi connectivity index (χ2v) is 6.16. The van der Waals surface area contributed by atoms with Gasteiger partial charge in [-0.25, -0.2) is 0 Å². The van der Waals surface area contributed by atoms with E-state index in [0.29, 0.717) is 4.83 Å². The number of hydrogen-bond acceptors (Lipinski definition) is 1. The van der Waals surface area contributed by atoms with Crippen LogP contribution in [0.3, 0.4) is 0 Å². The summed E-state index contributed by atoms with van der Waals surface area (Å²) in [6.45, 7) is 5.97. The molecule has 2 atom stereocenters. The summed E-state index contributed by atoms with van der Waals surface area (Å²) in [6, 6.07) is 0. The van der Waals surface area contributed by atoms with E-state index in [1.807, 2.05) is 6.92 Å². The van der Waals surface area contributed by atoms with Gasteiger partial charge in [0.25, 0.3) is 0 Å². The third-order valence-corrected chi connectivity index (χ3v) is 4.44. The van der Waals surface area contributed by atoms with Gasteiger partial charge in [0, 0.05) is 4.83 Å². The SMILES string of the molecule is CC1(C)C[C@H](Br)CC[C@]1(C)C(=O)O. The van der Waals surface area contributed by atoms with Crippen LogP contribution in [0.25, 0.3) is 0 Å². The molecule has 0 aromatic carbocycles. The number of carbonyl (C=O) groups is 1. The number of alkyl halides is 1. The molecular weight excluding hydrogens is 232 g/mol. The van der Waals surface area contributed by atoms with Gasteiger partial charge >= 0.3 is 5.97 Å². The van der Waals surface area contributed by atoms with Crippen molar-refractivity contribution in [2.75, 3.05) is 0 Å². The molecule has 0 aromatic heterocycles. The Hall–Kier alpha value is -0.0500. The molecule has 1 saturated carbocycles. The molecule has 3 heteroatoms. The number of aliphatic carboxylic acids is 1. The average Bonchev–Trinajstić information content (AvgIpc) is 1.96. The Kier molecular flexibility index (Phi) is 2.77. The second kappa shape index (κ2) is 3.26. The second-order valence-electron chi connectivity index (χ2n) is 4.86. The Labute approximate surface area is 87.8 Å². The average molecular weight is 249 g/mol. The zero-order valence-corrected chi connectivity index (χ0v) is 10.0. The zero-order valence-electron chi connectivity index (χ0n) is 8.43. The van der Waals surface area contributed by atoms with Crippen molar-refractivity contribution in [2.24, 2.45) is 10.8 Å². The maximum atomic E-state index is 11.2. The third-order valence-electron chi connectivity index (χ3n) is 3.66. The number of hydrogen-bond donors (Lipinski definition) is 1. The van der Waals surface area contributed by atoms with E-state index < -0.39 is 11.4 Å². The van der Waals surface area contributed by atoms with Gasteiger partial charge in [-0.2, -0.15) is 0 Å². The smallest absolute Gasteiger partial charge is 0.309 e. The van der Waals surface area contributed by atoms with E-state index in [2.05, 4.69) is 29.8 Å². The quantitative estimate of drug-likeness (QED) is 0.725. The summed E-state index contributed by atoms with van der Waals surface area (Å²) in [6.07, 6.45) is 2.67. The third kappa shape index (κ3) is 1.76. The van der Waals surface area contributed by atoms with Gasteiger partial charge in [0.15, 0.2) is 0 Å². The fourth-order valence-electron chi connectivity index (χ4n) is 2.06. The van der Waals surface area contributed by atoms with Gasteiger partial charge in [0.05, 0.1) is 5.41 Å². The summed E-state index contributed by atoms with van der Waals surface area (Å²) in [5.74, 6) is -0.656. The Morgan fingerprint density at radius 3 is 2.38 bits per heavy atom. The van der Waals surface area contributed by atoms with Gasteiger partial charge in [-0.05, 0) is 31.6 Å². The highest BCUT2D eigenvalue weighted by Crippen LogP contribution is 2.51. The summed E-state index contributed by atoms with van der Waals surface area (Å²) in [7, 11) is 0. The standard InChI is InChI=1S/C10H17BrO2/c1-9(2)6-7(11)4-5-10(9,3)8(12)13/h7H,4-6H2,1-3H3,(H,12,13)/t7-,10-/m1/s1. The highest BCUT2D eigenvalue weighted by Gasteiger charge is 2.50. The molecule has 0 spiro atoms. The van der Waals surface area contributed by atoms with Crippen molar-refractivity contribution in [1.29, 1.82) is 0 Å². The first-order valence-corrected chi connectivity index (χ1v) is 5.59. The van der Waals surface area contributed by atoms with Crippen LogP contribution < -0.4 is 0 Å². The van der Waals surface area contributed by atoms with Crippen molar-refractivity contribution in [3.05, 3.63) is 0 Å². The lowest BCUT2D eigenvalue weighted by atomic mass is 9.59. The maximum absolute atomic E-state index is 11.2. The van der Waals surface area contributed by atoms with Crippen LogP contribution in [0.1, 0.15) is 40.0 Å². The predicted molar refractivity (Wildman–Crippen MR) is 56.1 cm³/mol. The molecule has 0 saturated heterocycles. The van der Waals surface area contributed by atoms with Crippen LogP contribution in [0.15, 0.2) is 0 Å². The van der Waals surface area contributed by atoms with E-state index in [1.165, 1.54) is 0 Å². The van der Waals surface area contributed by atoms with Crippen LogP contribution >= 0.6 is 15.9 Å². The van der Waals surface area contributed by atoms with Crippen molar-refractivity contribution in [3.63, 3.8) is 0 Å². The van der Waals surface area contributed by atoms with Crippen LogP contribution in [-0.2, 0) is 4.79 Å². The van der Waals surface area contributed by atoms with Crippen LogP contribution in [0, 0.1) is 10.8 Å². The minimum absolute atomic E-state index is 0.120. The maximum Gasteiger partial charge on any atom is 0.309 e. The summed E-state index contributed by atoms with van der Waals surface area (Å²) in [4.78, 5) is 11.7. The molecule has 1 aliphatic carbocycles. The Morgan fingerprint density at radius 2 is 2.00 bits per heavy atom. The molecule has 0 heterocycles. The molecule has 0 amide bonds. The van der Waals surface area contributed by atoms with Crippen molar-refractivity contribution in [1.82, 2.24) is 0 Å². The number of halogens is 1. The molecule has 1 fully saturated rings. The summed E-state index contributed by atoms with van der Waals surface area (Å²) < 4.78 is 0. The first kappa shape index (κ1) is 11.0. The molecule has 13 heavy (non-hydrogen) atoms. The topological polar surface area (TPSA) is 37.3 Å². The molecule has 0 aromatic rings. The molecule has 1 rings (SSSR count). The lowest BCUT2D eigenvalue weighted by Gasteiger charge is -2.46. The van der Waals surface area contributed by atoms with Gasteiger partial charge in [-0.1, -0.05) is 29.8 Å². The van der Waals surface area contributed by atoms with Gasteiger partial charge in [0.1, 0.15) is 0 Å². The largest absolute Gasteiger partial charge is 0.481 e. The monoisotopic (exact) mass is 248 g/mol. The van der Waals surface area contributed by atoms with Crippen LogP contribution in [-0.4, -0.2) is 15.9 Å². The Bertz CT molecular complexity index is 225.